The van der Waals surface area contributed by atoms with E-state index in [-0.39, 0.29) is 10.9 Å². The first-order valence-corrected chi connectivity index (χ1v) is 8.94. The zero-order valence-electron chi connectivity index (χ0n) is 13.2. The minimum atomic E-state index is -0.392. The lowest BCUT2D eigenvalue weighted by Crippen LogP contribution is -2.29. The molecular formula is C19H11ClN2O3S. The lowest BCUT2D eigenvalue weighted by Gasteiger charge is -2.15. The molecule has 0 atom stereocenters. The molecule has 26 heavy (non-hydrogen) atoms. The Balaban J connectivity index is 1.62. The van der Waals surface area contributed by atoms with Crippen LogP contribution in [0.2, 0.25) is 5.02 Å². The topological polar surface area (TPSA) is 66.5 Å². The Morgan fingerprint density at radius 1 is 0.962 bits per heavy atom. The lowest BCUT2D eigenvalue weighted by molar-refractivity contribution is 0.0925. The second-order valence-electron chi connectivity index (χ2n) is 5.59. The van der Waals surface area contributed by atoms with E-state index in [1.165, 1.54) is 17.4 Å². The molecule has 3 amide bonds. The predicted molar refractivity (Wildman–Crippen MR) is 101 cm³/mol. The van der Waals surface area contributed by atoms with Gasteiger partial charge in [-0.25, -0.2) is 4.90 Å². The van der Waals surface area contributed by atoms with Crippen molar-refractivity contribution in [3.63, 3.8) is 0 Å². The Morgan fingerprint density at radius 3 is 2.23 bits per heavy atom. The van der Waals surface area contributed by atoms with Gasteiger partial charge in [0.2, 0.25) is 0 Å². The van der Waals surface area contributed by atoms with Crippen LogP contribution in [-0.2, 0) is 0 Å². The van der Waals surface area contributed by atoms with Crippen LogP contribution in [0.25, 0.3) is 0 Å². The van der Waals surface area contributed by atoms with Crippen LogP contribution >= 0.6 is 22.9 Å². The van der Waals surface area contributed by atoms with Gasteiger partial charge < -0.3 is 5.32 Å². The summed E-state index contributed by atoms with van der Waals surface area (Å²) in [4.78, 5) is 38.9. The summed E-state index contributed by atoms with van der Waals surface area (Å²) in [5.74, 6) is -1.05. The van der Waals surface area contributed by atoms with E-state index < -0.39 is 11.8 Å². The Morgan fingerprint density at radius 2 is 1.65 bits per heavy atom. The quantitative estimate of drug-likeness (QED) is 0.680. The van der Waals surface area contributed by atoms with E-state index in [0.717, 1.165) is 4.90 Å². The van der Waals surface area contributed by atoms with Crippen molar-refractivity contribution in [3.05, 3.63) is 81.0 Å². The zero-order chi connectivity index (χ0) is 18.3. The molecule has 128 valence electrons. The van der Waals surface area contributed by atoms with Crippen molar-refractivity contribution in [1.82, 2.24) is 0 Å². The van der Waals surface area contributed by atoms with Gasteiger partial charge in [0.05, 0.1) is 32.4 Å². The third kappa shape index (κ3) is 2.69. The molecule has 0 aliphatic carbocycles. The Bertz CT molecular complexity index is 1010. The standard InChI is InChI=1S/C19H11ClN2O3S/c20-14-10-11(7-8-15(14)21-17(23)16-6-3-9-26-16)22-18(24)12-4-1-2-5-13(12)19(22)25/h1-10H,(H,21,23). The van der Waals surface area contributed by atoms with Crippen molar-refractivity contribution in [1.29, 1.82) is 0 Å². The van der Waals surface area contributed by atoms with E-state index in [4.69, 9.17) is 11.6 Å². The van der Waals surface area contributed by atoms with Gasteiger partial charge >= 0.3 is 0 Å². The van der Waals surface area contributed by atoms with E-state index in [9.17, 15) is 14.4 Å². The van der Waals surface area contributed by atoms with Gasteiger partial charge in [0, 0.05) is 0 Å². The fourth-order valence-corrected chi connectivity index (χ4v) is 3.60. The normalized spacial score (nSPS) is 13.0. The summed E-state index contributed by atoms with van der Waals surface area (Å²) >= 11 is 7.58. The van der Waals surface area contributed by atoms with Crippen molar-refractivity contribution >= 4 is 52.0 Å². The van der Waals surface area contributed by atoms with Crippen LogP contribution in [0.4, 0.5) is 11.4 Å². The number of fused-ring (bicyclic) bond motifs is 1. The first-order valence-electron chi connectivity index (χ1n) is 7.68. The first-order chi connectivity index (χ1) is 12.6. The van der Waals surface area contributed by atoms with Gasteiger partial charge in [0.1, 0.15) is 0 Å². The number of rotatable bonds is 3. The molecule has 0 saturated heterocycles. The number of anilines is 2. The smallest absolute Gasteiger partial charge is 0.266 e. The van der Waals surface area contributed by atoms with Gasteiger partial charge in [-0.05, 0) is 41.8 Å². The number of amides is 3. The molecule has 2 aromatic carbocycles. The number of hydrogen-bond acceptors (Lipinski definition) is 4. The van der Waals surface area contributed by atoms with Crippen LogP contribution in [0.15, 0.2) is 60.0 Å². The maximum Gasteiger partial charge on any atom is 0.266 e. The molecule has 1 N–H and O–H groups in total. The van der Waals surface area contributed by atoms with E-state index in [0.29, 0.717) is 27.4 Å². The number of imide groups is 1. The Labute approximate surface area is 157 Å². The average Bonchev–Trinajstić information content (AvgIpc) is 3.26. The summed E-state index contributed by atoms with van der Waals surface area (Å²) in [5.41, 5.74) is 1.49. The second-order valence-corrected chi connectivity index (χ2v) is 6.94. The second kappa shape index (κ2) is 6.40. The molecule has 1 aromatic heterocycles. The number of nitrogens with zero attached hydrogens (tertiary/aromatic N) is 1. The number of halogens is 1. The number of benzene rings is 2. The van der Waals surface area contributed by atoms with Crippen molar-refractivity contribution in [2.75, 3.05) is 10.2 Å². The molecule has 4 rings (SSSR count). The summed E-state index contributed by atoms with van der Waals surface area (Å²) in [6, 6.07) is 14.8. The molecule has 3 aromatic rings. The third-order valence-corrected chi connectivity index (χ3v) is 5.18. The van der Waals surface area contributed by atoms with Crippen LogP contribution in [0.3, 0.4) is 0 Å². The highest BCUT2D eigenvalue weighted by Gasteiger charge is 2.36. The fourth-order valence-electron chi connectivity index (χ4n) is 2.76. The fraction of sp³-hybridized carbons (Fsp3) is 0. The van der Waals surface area contributed by atoms with Gasteiger partial charge in [-0.3, -0.25) is 14.4 Å². The molecule has 1 aliphatic heterocycles. The van der Waals surface area contributed by atoms with E-state index in [1.54, 1.807) is 48.5 Å². The van der Waals surface area contributed by atoms with Crippen LogP contribution in [0.5, 0.6) is 0 Å². The molecule has 0 fully saturated rings. The van der Waals surface area contributed by atoms with E-state index in [2.05, 4.69) is 5.32 Å². The summed E-state index contributed by atoms with van der Waals surface area (Å²) in [5, 5.41) is 4.77. The number of carbonyl (C=O) groups excluding carboxylic acids is 3. The maximum atomic E-state index is 12.5. The third-order valence-electron chi connectivity index (χ3n) is 4.00. The van der Waals surface area contributed by atoms with Crippen molar-refractivity contribution in [2.24, 2.45) is 0 Å². The van der Waals surface area contributed by atoms with Gasteiger partial charge in [0.15, 0.2) is 0 Å². The van der Waals surface area contributed by atoms with Gasteiger partial charge in [-0.15, -0.1) is 11.3 Å². The lowest BCUT2D eigenvalue weighted by atomic mass is 10.1. The maximum absolute atomic E-state index is 12.5. The van der Waals surface area contributed by atoms with Gasteiger partial charge in [-0.1, -0.05) is 29.8 Å². The minimum absolute atomic E-state index is 0.240. The number of carbonyl (C=O) groups is 3. The molecule has 0 unspecified atom stereocenters. The first kappa shape index (κ1) is 16.5. The van der Waals surface area contributed by atoms with Crippen molar-refractivity contribution < 1.29 is 14.4 Å². The summed E-state index contributed by atoms with van der Waals surface area (Å²) < 4.78 is 0. The molecule has 1 aliphatic rings. The number of hydrogen-bond donors (Lipinski definition) is 1. The highest BCUT2D eigenvalue weighted by molar-refractivity contribution is 7.12. The van der Waals surface area contributed by atoms with E-state index in [1.807, 2.05) is 5.38 Å². The van der Waals surface area contributed by atoms with Crippen LogP contribution in [0, 0.1) is 0 Å². The molecule has 5 nitrogen and oxygen atoms in total. The summed E-state index contributed by atoms with van der Waals surface area (Å²) in [7, 11) is 0. The van der Waals surface area contributed by atoms with Crippen LogP contribution < -0.4 is 10.2 Å². The number of thiophene rings is 1. The largest absolute Gasteiger partial charge is 0.320 e. The van der Waals surface area contributed by atoms with Crippen molar-refractivity contribution in [3.8, 4) is 0 Å². The summed E-state index contributed by atoms with van der Waals surface area (Å²) in [6.45, 7) is 0. The Kier molecular flexibility index (Phi) is 4.06. The minimum Gasteiger partial charge on any atom is -0.320 e. The Hall–Kier alpha value is -2.96. The zero-order valence-corrected chi connectivity index (χ0v) is 14.8. The van der Waals surface area contributed by atoms with E-state index >= 15 is 0 Å². The number of nitrogens with one attached hydrogen (secondary N) is 1. The molecule has 2 heterocycles. The van der Waals surface area contributed by atoms with Crippen LogP contribution in [-0.4, -0.2) is 17.7 Å². The van der Waals surface area contributed by atoms with Gasteiger partial charge in [-0.2, -0.15) is 0 Å². The highest BCUT2D eigenvalue weighted by Crippen LogP contribution is 2.33. The molecule has 0 radical (unpaired) electrons. The van der Waals surface area contributed by atoms with Crippen LogP contribution in [0.1, 0.15) is 30.4 Å². The molecular weight excluding hydrogens is 372 g/mol. The average molecular weight is 383 g/mol. The predicted octanol–water partition coefficient (Wildman–Crippen LogP) is 4.45. The monoisotopic (exact) mass is 382 g/mol. The summed E-state index contributed by atoms with van der Waals surface area (Å²) in [6.07, 6.45) is 0. The molecule has 7 heteroatoms. The molecule has 0 bridgehead atoms. The molecule has 0 spiro atoms. The molecule has 0 saturated carbocycles. The van der Waals surface area contributed by atoms with Crippen molar-refractivity contribution in [2.45, 2.75) is 0 Å². The highest BCUT2D eigenvalue weighted by atomic mass is 35.5. The SMILES string of the molecule is O=C(Nc1ccc(N2C(=O)c3ccccc3C2=O)cc1Cl)c1cccs1. The van der Waals surface area contributed by atoms with Gasteiger partial charge in [0.25, 0.3) is 17.7 Å².